The predicted molar refractivity (Wildman–Crippen MR) is 68.8 cm³/mol. The summed E-state index contributed by atoms with van der Waals surface area (Å²) in [4.78, 5) is 0. The van der Waals surface area contributed by atoms with Gasteiger partial charge in [0.1, 0.15) is 5.75 Å². The Morgan fingerprint density at radius 1 is 1.19 bits per heavy atom. The van der Waals surface area contributed by atoms with Gasteiger partial charge in [-0.3, -0.25) is 0 Å². The van der Waals surface area contributed by atoms with Gasteiger partial charge in [0.25, 0.3) is 0 Å². The number of benzene rings is 1. The number of nitrogens with one attached hydrogen (secondary N) is 1. The third-order valence-electron chi connectivity index (χ3n) is 2.56. The van der Waals surface area contributed by atoms with Crippen molar-refractivity contribution in [2.45, 2.75) is 33.7 Å². The molecule has 1 rings (SSSR count). The fourth-order valence-corrected chi connectivity index (χ4v) is 1.54. The molecule has 0 aliphatic rings. The number of hydrogen-bond acceptors (Lipinski definition) is 2. The molecule has 0 heterocycles. The minimum Gasteiger partial charge on any atom is -0.496 e. The standard InChI is InChI=1S/C14H23NO/c1-14(2,3)9-10-15-11-12-7-5-6-8-13(12)16-4/h5-8,15H,9-11H2,1-4H3. The molecule has 1 N–H and O–H groups in total. The highest BCUT2D eigenvalue weighted by molar-refractivity contribution is 5.32. The van der Waals surface area contributed by atoms with Gasteiger partial charge < -0.3 is 10.1 Å². The van der Waals surface area contributed by atoms with Crippen molar-refractivity contribution in [1.29, 1.82) is 0 Å². The Morgan fingerprint density at radius 2 is 1.88 bits per heavy atom. The van der Waals surface area contributed by atoms with Crippen molar-refractivity contribution >= 4 is 0 Å². The molecule has 1 aromatic carbocycles. The Bertz CT molecular complexity index is 315. The smallest absolute Gasteiger partial charge is 0.123 e. The first-order valence-electron chi connectivity index (χ1n) is 5.85. The lowest BCUT2D eigenvalue weighted by atomic mass is 9.92. The molecule has 2 heteroatoms. The molecule has 0 fully saturated rings. The summed E-state index contributed by atoms with van der Waals surface area (Å²) in [5.74, 6) is 0.964. The highest BCUT2D eigenvalue weighted by Gasteiger charge is 2.09. The molecule has 0 saturated carbocycles. The summed E-state index contributed by atoms with van der Waals surface area (Å²) in [5, 5.41) is 3.45. The van der Waals surface area contributed by atoms with Crippen molar-refractivity contribution in [1.82, 2.24) is 5.32 Å². The monoisotopic (exact) mass is 221 g/mol. The third-order valence-corrected chi connectivity index (χ3v) is 2.56. The van der Waals surface area contributed by atoms with E-state index in [-0.39, 0.29) is 0 Å². The van der Waals surface area contributed by atoms with Gasteiger partial charge >= 0.3 is 0 Å². The Morgan fingerprint density at radius 3 is 2.50 bits per heavy atom. The third kappa shape index (κ3) is 4.67. The highest BCUT2D eigenvalue weighted by atomic mass is 16.5. The zero-order valence-corrected chi connectivity index (χ0v) is 10.8. The van der Waals surface area contributed by atoms with Gasteiger partial charge in [0.2, 0.25) is 0 Å². The average molecular weight is 221 g/mol. The maximum Gasteiger partial charge on any atom is 0.123 e. The lowest BCUT2D eigenvalue weighted by molar-refractivity contribution is 0.364. The van der Waals surface area contributed by atoms with Crippen LogP contribution in [0.15, 0.2) is 24.3 Å². The fraction of sp³-hybridized carbons (Fsp3) is 0.571. The molecule has 0 amide bonds. The molecule has 0 atom stereocenters. The van der Waals surface area contributed by atoms with E-state index in [2.05, 4.69) is 32.2 Å². The van der Waals surface area contributed by atoms with Gasteiger partial charge in [-0.2, -0.15) is 0 Å². The Hall–Kier alpha value is -1.02. The van der Waals surface area contributed by atoms with Crippen LogP contribution >= 0.6 is 0 Å². The van der Waals surface area contributed by atoms with E-state index >= 15 is 0 Å². The van der Waals surface area contributed by atoms with Crippen LogP contribution in [-0.4, -0.2) is 13.7 Å². The van der Waals surface area contributed by atoms with Gasteiger partial charge in [0, 0.05) is 12.1 Å². The molecular formula is C14H23NO. The number of hydrogen-bond donors (Lipinski definition) is 1. The Labute approximate surface area is 99.0 Å². The van der Waals surface area contributed by atoms with E-state index in [9.17, 15) is 0 Å². The van der Waals surface area contributed by atoms with Crippen molar-refractivity contribution in [3.8, 4) is 5.75 Å². The Balaban J connectivity index is 2.37. The molecule has 90 valence electrons. The number of para-hydroxylation sites is 1. The summed E-state index contributed by atoms with van der Waals surface area (Å²) >= 11 is 0. The molecule has 1 aromatic rings. The lowest BCUT2D eigenvalue weighted by Gasteiger charge is -2.18. The summed E-state index contributed by atoms with van der Waals surface area (Å²) in [6.45, 7) is 8.70. The maximum atomic E-state index is 5.30. The lowest BCUT2D eigenvalue weighted by Crippen LogP contribution is -2.20. The van der Waals surface area contributed by atoms with E-state index in [1.54, 1.807) is 7.11 Å². The summed E-state index contributed by atoms with van der Waals surface area (Å²) in [6, 6.07) is 8.14. The van der Waals surface area contributed by atoms with E-state index in [0.29, 0.717) is 5.41 Å². The summed E-state index contributed by atoms with van der Waals surface area (Å²) in [7, 11) is 1.72. The van der Waals surface area contributed by atoms with Crippen LogP contribution < -0.4 is 10.1 Å². The zero-order valence-electron chi connectivity index (χ0n) is 10.8. The number of methoxy groups -OCH3 is 1. The summed E-state index contributed by atoms with van der Waals surface area (Å²) in [6.07, 6.45) is 1.18. The van der Waals surface area contributed by atoms with Gasteiger partial charge in [-0.15, -0.1) is 0 Å². The fourth-order valence-electron chi connectivity index (χ4n) is 1.54. The van der Waals surface area contributed by atoms with E-state index in [4.69, 9.17) is 4.74 Å². The molecule has 2 nitrogen and oxygen atoms in total. The number of rotatable bonds is 5. The molecular weight excluding hydrogens is 198 g/mol. The van der Waals surface area contributed by atoms with E-state index < -0.39 is 0 Å². The number of ether oxygens (including phenoxy) is 1. The molecule has 0 aliphatic heterocycles. The SMILES string of the molecule is COc1ccccc1CNCCC(C)(C)C. The minimum atomic E-state index is 0.397. The van der Waals surface area contributed by atoms with Gasteiger partial charge in [0.15, 0.2) is 0 Å². The van der Waals surface area contributed by atoms with Gasteiger partial charge in [0.05, 0.1) is 7.11 Å². The van der Waals surface area contributed by atoms with Crippen molar-refractivity contribution in [3.05, 3.63) is 29.8 Å². The van der Waals surface area contributed by atoms with E-state index in [1.165, 1.54) is 12.0 Å². The second kappa shape index (κ2) is 5.90. The van der Waals surface area contributed by atoms with Gasteiger partial charge in [-0.25, -0.2) is 0 Å². The molecule has 0 saturated heterocycles. The maximum absolute atomic E-state index is 5.30. The van der Waals surface area contributed by atoms with E-state index in [1.807, 2.05) is 18.2 Å². The first-order valence-corrected chi connectivity index (χ1v) is 5.85. The van der Waals surface area contributed by atoms with Crippen LogP contribution in [-0.2, 0) is 6.54 Å². The second-order valence-corrected chi connectivity index (χ2v) is 5.30. The van der Waals surface area contributed by atoms with Crippen LogP contribution in [0.2, 0.25) is 0 Å². The van der Waals surface area contributed by atoms with Crippen molar-refractivity contribution in [3.63, 3.8) is 0 Å². The largest absolute Gasteiger partial charge is 0.496 e. The molecule has 0 radical (unpaired) electrons. The topological polar surface area (TPSA) is 21.3 Å². The molecule has 0 unspecified atom stereocenters. The van der Waals surface area contributed by atoms with Crippen molar-refractivity contribution in [2.75, 3.05) is 13.7 Å². The van der Waals surface area contributed by atoms with Crippen LogP contribution in [0.25, 0.3) is 0 Å². The predicted octanol–water partition coefficient (Wildman–Crippen LogP) is 3.22. The second-order valence-electron chi connectivity index (χ2n) is 5.30. The van der Waals surface area contributed by atoms with Crippen LogP contribution in [0.1, 0.15) is 32.8 Å². The Kier molecular flexibility index (Phi) is 4.81. The normalized spacial score (nSPS) is 11.5. The molecule has 16 heavy (non-hydrogen) atoms. The van der Waals surface area contributed by atoms with Crippen LogP contribution in [0, 0.1) is 5.41 Å². The minimum absolute atomic E-state index is 0.397. The quantitative estimate of drug-likeness (QED) is 0.771. The molecule has 0 bridgehead atoms. The first kappa shape index (κ1) is 13.0. The van der Waals surface area contributed by atoms with Crippen molar-refractivity contribution in [2.24, 2.45) is 5.41 Å². The molecule has 0 spiro atoms. The highest BCUT2D eigenvalue weighted by Crippen LogP contribution is 2.18. The van der Waals surface area contributed by atoms with Gasteiger partial charge in [-0.1, -0.05) is 39.0 Å². The van der Waals surface area contributed by atoms with E-state index in [0.717, 1.165) is 18.8 Å². The summed E-state index contributed by atoms with van der Waals surface area (Å²) < 4.78 is 5.30. The van der Waals surface area contributed by atoms with Crippen LogP contribution in [0.4, 0.5) is 0 Å². The summed E-state index contributed by atoms with van der Waals surface area (Å²) in [5.41, 5.74) is 1.62. The van der Waals surface area contributed by atoms with Crippen LogP contribution in [0.3, 0.4) is 0 Å². The zero-order chi connectivity index (χ0) is 12.0. The van der Waals surface area contributed by atoms with Crippen molar-refractivity contribution < 1.29 is 4.74 Å². The van der Waals surface area contributed by atoms with Gasteiger partial charge in [-0.05, 0) is 24.4 Å². The molecule has 0 aliphatic carbocycles. The average Bonchev–Trinajstić information content (AvgIpc) is 2.23. The van der Waals surface area contributed by atoms with Crippen LogP contribution in [0.5, 0.6) is 5.75 Å². The molecule has 0 aromatic heterocycles. The first-order chi connectivity index (χ1) is 7.53.